The van der Waals surface area contributed by atoms with E-state index in [4.69, 9.17) is 4.74 Å². The Morgan fingerprint density at radius 1 is 1.00 bits per heavy atom. The van der Waals surface area contributed by atoms with Gasteiger partial charge in [0.25, 0.3) is 15.9 Å². The first-order chi connectivity index (χ1) is 15.7. The van der Waals surface area contributed by atoms with Gasteiger partial charge in [-0.25, -0.2) is 8.42 Å². The lowest BCUT2D eigenvalue weighted by atomic mass is 10.0. The summed E-state index contributed by atoms with van der Waals surface area (Å²) in [5.41, 5.74) is 3.94. The van der Waals surface area contributed by atoms with E-state index in [0.717, 1.165) is 28.9 Å². The molecule has 3 rings (SSSR count). The average molecular weight is 467 g/mol. The Kier molecular flexibility index (Phi) is 7.43. The summed E-state index contributed by atoms with van der Waals surface area (Å²) in [5, 5.41) is 3.06. The maximum absolute atomic E-state index is 12.9. The van der Waals surface area contributed by atoms with Gasteiger partial charge in [-0.15, -0.1) is 0 Å². The molecule has 0 radical (unpaired) electrons. The van der Waals surface area contributed by atoms with Crippen LogP contribution in [0.1, 0.15) is 46.4 Å². The maximum atomic E-state index is 12.9. The van der Waals surface area contributed by atoms with Gasteiger partial charge in [0.15, 0.2) is 0 Å². The monoisotopic (exact) mass is 466 g/mol. The van der Waals surface area contributed by atoms with Gasteiger partial charge >= 0.3 is 0 Å². The highest BCUT2D eigenvalue weighted by Crippen LogP contribution is 2.26. The van der Waals surface area contributed by atoms with Gasteiger partial charge in [0, 0.05) is 12.6 Å². The fraction of sp³-hybridized carbons (Fsp3) is 0.269. The van der Waals surface area contributed by atoms with E-state index in [1.165, 1.54) is 11.4 Å². The largest absolute Gasteiger partial charge is 0.496 e. The summed E-state index contributed by atoms with van der Waals surface area (Å²) in [4.78, 5) is 13.1. The lowest BCUT2D eigenvalue weighted by molar-refractivity contribution is 0.0935. The number of nitrogens with one attached hydrogen (secondary N) is 1. The van der Waals surface area contributed by atoms with Crippen LogP contribution in [0.2, 0.25) is 0 Å². The molecule has 0 saturated heterocycles. The Balaban J connectivity index is 1.75. The van der Waals surface area contributed by atoms with Crippen LogP contribution >= 0.6 is 0 Å². The first kappa shape index (κ1) is 24.3. The van der Waals surface area contributed by atoms with Gasteiger partial charge in [-0.3, -0.25) is 9.10 Å². The van der Waals surface area contributed by atoms with Crippen LogP contribution in [0.3, 0.4) is 0 Å². The van der Waals surface area contributed by atoms with Crippen LogP contribution in [-0.2, 0) is 10.0 Å². The Labute approximate surface area is 196 Å². The number of benzene rings is 3. The van der Waals surface area contributed by atoms with E-state index in [1.54, 1.807) is 55.6 Å². The van der Waals surface area contributed by atoms with Gasteiger partial charge in [-0.2, -0.15) is 0 Å². The van der Waals surface area contributed by atoms with Crippen molar-refractivity contribution in [3.05, 3.63) is 89.0 Å². The number of carbonyl (C=O) groups is 1. The summed E-state index contributed by atoms with van der Waals surface area (Å²) in [6, 6.07) is 19.0. The lowest BCUT2D eigenvalue weighted by Crippen LogP contribution is -2.29. The molecule has 0 spiro atoms. The van der Waals surface area contributed by atoms with E-state index in [0.29, 0.717) is 11.3 Å². The summed E-state index contributed by atoms with van der Waals surface area (Å²) in [7, 11) is -0.552. The van der Waals surface area contributed by atoms with Gasteiger partial charge in [-0.05, 0) is 73.9 Å². The number of sulfonamides is 1. The molecule has 1 atom stereocenters. The molecule has 1 amide bonds. The maximum Gasteiger partial charge on any atom is 0.264 e. The molecule has 3 aromatic carbocycles. The Hall–Kier alpha value is -3.32. The number of hydrogen-bond donors (Lipinski definition) is 1. The van der Waals surface area contributed by atoms with E-state index in [2.05, 4.69) is 5.32 Å². The second kappa shape index (κ2) is 10.1. The quantitative estimate of drug-likeness (QED) is 0.506. The predicted octanol–water partition coefficient (Wildman–Crippen LogP) is 5.02. The lowest BCUT2D eigenvalue weighted by Gasteiger charge is -2.21. The number of rotatable bonds is 8. The van der Waals surface area contributed by atoms with Crippen molar-refractivity contribution in [2.24, 2.45) is 0 Å². The molecule has 0 fully saturated rings. The number of amides is 1. The van der Waals surface area contributed by atoms with Crippen LogP contribution in [0, 0.1) is 13.8 Å². The normalized spacial score (nSPS) is 12.2. The minimum absolute atomic E-state index is 0.147. The molecule has 0 bridgehead atoms. The molecule has 0 aromatic heterocycles. The minimum atomic E-state index is -3.69. The highest BCUT2D eigenvalue weighted by Gasteiger charge is 2.22. The Morgan fingerprint density at radius 2 is 1.64 bits per heavy atom. The van der Waals surface area contributed by atoms with E-state index in [1.807, 2.05) is 39.0 Å². The average Bonchev–Trinajstić information content (AvgIpc) is 2.82. The van der Waals surface area contributed by atoms with Gasteiger partial charge in [0.1, 0.15) is 5.75 Å². The predicted molar refractivity (Wildman–Crippen MR) is 131 cm³/mol. The highest BCUT2D eigenvalue weighted by molar-refractivity contribution is 7.92. The molecule has 0 aliphatic carbocycles. The number of anilines is 1. The first-order valence-electron chi connectivity index (χ1n) is 10.8. The van der Waals surface area contributed by atoms with Gasteiger partial charge in [0.05, 0.1) is 23.7 Å². The van der Waals surface area contributed by atoms with Crippen LogP contribution in [-0.4, -0.2) is 28.5 Å². The number of ether oxygens (including phenoxy) is 1. The van der Waals surface area contributed by atoms with Crippen molar-refractivity contribution in [1.29, 1.82) is 0 Å². The molecule has 0 heterocycles. The first-order valence-corrected chi connectivity index (χ1v) is 12.2. The van der Waals surface area contributed by atoms with Crippen LogP contribution in [0.5, 0.6) is 5.75 Å². The Bertz CT molecular complexity index is 1220. The summed E-state index contributed by atoms with van der Waals surface area (Å²) >= 11 is 0. The summed E-state index contributed by atoms with van der Waals surface area (Å²) in [6.07, 6.45) is 0.729. The zero-order valence-corrected chi connectivity index (χ0v) is 20.4. The fourth-order valence-corrected chi connectivity index (χ4v) is 4.81. The summed E-state index contributed by atoms with van der Waals surface area (Å²) in [6.45, 7) is 5.89. The molecule has 3 aromatic rings. The standard InChI is InChI=1S/C26H30N2O4S/c1-6-24(21-11-16-25(32-5)19(3)17-21)27-26(29)20-9-12-22(13-10-20)28(4)33(30,31)23-14-7-18(2)8-15-23/h7-17,24H,6H2,1-5H3,(H,27,29). The topological polar surface area (TPSA) is 75.7 Å². The fourth-order valence-electron chi connectivity index (χ4n) is 3.61. The third kappa shape index (κ3) is 5.37. The molecule has 0 saturated carbocycles. The van der Waals surface area contributed by atoms with Crippen molar-refractivity contribution >= 4 is 21.6 Å². The second-order valence-electron chi connectivity index (χ2n) is 8.00. The third-order valence-electron chi connectivity index (χ3n) is 5.71. The molecule has 174 valence electrons. The van der Waals surface area contributed by atoms with Crippen LogP contribution in [0.25, 0.3) is 0 Å². The number of hydrogen-bond acceptors (Lipinski definition) is 4. The van der Waals surface area contributed by atoms with E-state index < -0.39 is 10.0 Å². The van der Waals surface area contributed by atoms with Crippen molar-refractivity contribution in [1.82, 2.24) is 5.32 Å². The number of aryl methyl sites for hydroxylation is 2. The van der Waals surface area contributed by atoms with Gasteiger partial charge in [0.2, 0.25) is 0 Å². The zero-order chi connectivity index (χ0) is 24.2. The number of carbonyl (C=O) groups excluding carboxylic acids is 1. The summed E-state index contributed by atoms with van der Waals surface area (Å²) < 4.78 is 32.4. The minimum Gasteiger partial charge on any atom is -0.496 e. The molecule has 6 nitrogen and oxygen atoms in total. The second-order valence-corrected chi connectivity index (χ2v) is 9.97. The molecule has 33 heavy (non-hydrogen) atoms. The molecule has 1 unspecified atom stereocenters. The number of methoxy groups -OCH3 is 1. The van der Waals surface area contributed by atoms with E-state index >= 15 is 0 Å². The van der Waals surface area contributed by atoms with E-state index in [-0.39, 0.29) is 16.8 Å². The van der Waals surface area contributed by atoms with Crippen molar-refractivity contribution in [3.8, 4) is 5.75 Å². The summed E-state index contributed by atoms with van der Waals surface area (Å²) in [5.74, 6) is 0.589. The molecule has 7 heteroatoms. The van der Waals surface area contributed by atoms with Crippen molar-refractivity contribution < 1.29 is 17.9 Å². The van der Waals surface area contributed by atoms with Crippen LogP contribution in [0.4, 0.5) is 5.69 Å². The van der Waals surface area contributed by atoms with Gasteiger partial charge in [-0.1, -0.05) is 36.8 Å². The van der Waals surface area contributed by atoms with Crippen molar-refractivity contribution in [3.63, 3.8) is 0 Å². The highest BCUT2D eigenvalue weighted by atomic mass is 32.2. The van der Waals surface area contributed by atoms with Crippen LogP contribution < -0.4 is 14.4 Å². The SMILES string of the molecule is CCC(NC(=O)c1ccc(N(C)S(=O)(=O)c2ccc(C)cc2)cc1)c1ccc(OC)c(C)c1. The molecular weight excluding hydrogens is 436 g/mol. The number of nitrogens with zero attached hydrogens (tertiary/aromatic N) is 1. The van der Waals surface area contributed by atoms with Crippen LogP contribution in [0.15, 0.2) is 71.6 Å². The zero-order valence-electron chi connectivity index (χ0n) is 19.6. The van der Waals surface area contributed by atoms with Crippen molar-refractivity contribution in [2.45, 2.75) is 38.1 Å². The molecule has 1 N–H and O–H groups in total. The molecule has 0 aliphatic heterocycles. The van der Waals surface area contributed by atoms with E-state index in [9.17, 15) is 13.2 Å². The third-order valence-corrected chi connectivity index (χ3v) is 7.51. The Morgan fingerprint density at radius 3 is 2.18 bits per heavy atom. The molecule has 0 aliphatic rings. The molecular formula is C26H30N2O4S. The van der Waals surface area contributed by atoms with Gasteiger partial charge < -0.3 is 10.1 Å². The smallest absolute Gasteiger partial charge is 0.264 e. The van der Waals surface area contributed by atoms with Crippen molar-refractivity contribution in [2.75, 3.05) is 18.5 Å².